The molecule has 0 saturated carbocycles. The Kier molecular flexibility index (Phi) is 4.07. The monoisotopic (exact) mass is 349 g/mol. The lowest BCUT2D eigenvalue weighted by Gasteiger charge is -2.15. The van der Waals surface area contributed by atoms with E-state index in [1.807, 2.05) is 11.4 Å². The summed E-state index contributed by atoms with van der Waals surface area (Å²) in [6.07, 6.45) is 1.78. The number of hydrogen-bond acceptors (Lipinski definition) is 4. The van der Waals surface area contributed by atoms with Gasteiger partial charge in [-0.05, 0) is 54.3 Å². The zero-order chi connectivity index (χ0) is 17.2. The summed E-state index contributed by atoms with van der Waals surface area (Å²) in [5, 5.41) is 13.0. The summed E-state index contributed by atoms with van der Waals surface area (Å²) in [5.74, 6) is 0.492. The Morgan fingerprint density at radius 2 is 1.72 bits per heavy atom. The molecule has 0 radical (unpaired) electrons. The van der Waals surface area contributed by atoms with Crippen LogP contribution in [0.1, 0.15) is 5.56 Å². The summed E-state index contributed by atoms with van der Waals surface area (Å²) in [6.45, 7) is 2.08. The average molecular weight is 349 g/mol. The zero-order valence-electron chi connectivity index (χ0n) is 13.6. The molecule has 5 heteroatoms. The molecule has 0 bridgehead atoms. The quantitative estimate of drug-likeness (QED) is 0.458. The van der Waals surface area contributed by atoms with Gasteiger partial charge in [-0.15, -0.1) is 0 Å². The number of thiophene rings is 1. The van der Waals surface area contributed by atoms with Gasteiger partial charge in [0.2, 0.25) is 0 Å². The third-order valence-electron chi connectivity index (χ3n) is 4.05. The molecular formula is C20H16FN3S. The molecule has 2 heterocycles. The van der Waals surface area contributed by atoms with Gasteiger partial charge in [0.1, 0.15) is 11.6 Å². The highest BCUT2D eigenvalue weighted by Crippen LogP contribution is 2.34. The van der Waals surface area contributed by atoms with Crippen molar-refractivity contribution in [2.45, 2.75) is 6.92 Å². The Hall–Kier alpha value is -2.92. The van der Waals surface area contributed by atoms with Gasteiger partial charge < -0.3 is 10.6 Å². The van der Waals surface area contributed by atoms with Gasteiger partial charge >= 0.3 is 0 Å². The predicted molar refractivity (Wildman–Crippen MR) is 104 cm³/mol. The summed E-state index contributed by atoms with van der Waals surface area (Å²) in [5.41, 5.74) is 4.11. The maximum Gasteiger partial charge on any atom is 0.138 e. The van der Waals surface area contributed by atoms with E-state index in [-0.39, 0.29) is 5.82 Å². The summed E-state index contributed by atoms with van der Waals surface area (Å²) in [6, 6.07) is 14.5. The number of rotatable bonds is 4. The highest BCUT2D eigenvalue weighted by molar-refractivity contribution is 7.08. The van der Waals surface area contributed by atoms with Crippen LogP contribution in [0.25, 0.3) is 10.8 Å². The van der Waals surface area contributed by atoms with Crippen LogP contribution < -0.4 is 10.6 Å². The molecule has 0 aliphatic carbocycles. The second-order valence-electron chi connectivity index (χ2n) is 5.78. The molecule has 2 aromatic carbocycles. The van der Waals surface area contributed by atoms with Crippen molar-refractivity contribution in [3.63, 3.8) is 0 Å². The lowest BCUT2D eigenvalue weighted by molar-refractivity contribution is 0.628. The number of halogens is 1. The Balaban J connectivity index is 1.77. The molecular weight excluding hydrogens is 333 g/mol. The van der Waals surface area contributed by atoms with E-state index in [1.54, 1.807) is 29.7 Å². The fraction of sp³-hybridized carbons (Fsp3) is 0.0500. The molecule has 2 N–H and O–H groups in total. The maximum absolute atomic E-state index is 13.1. The zero-order valence-corrected chi connectivity index (χ0v) is 14.4. The normalized spacial score (nSPS) is 10.8. The molecule has 4 rings (SSSR count). The van der Waals surface area contributed by atoms with E-state index in [2.05, 4.69) is 46.1 Å². The van der Waals surface area contributed by atoms with Crippen molar-refractivity contribution in [1.29, 1.82) is 0 Å². The van der Waals surface area contributed by atoms with Crippen LogP contribution >= 0.6 is 11.3 Å². The molecule has 2 aromatic heterocycles. The van der Waals surface area contributed by atoms with Gasteiger partial charge in [-0.2, -0.15) is 11.3 Å². The van der Waals surface area contributed by atoms with Gasteiger partial charge in [-0.1, -0.05) is 12.1 Å². The lowest BCUT2D eigenvalue weighted by atomic mass is 10.1. The van der Waals surface area contributed by atoms with Crippen molar-refractivity contribution in [1.82, 2.24) is 4.98 Å². The summed E-state index contributed by atoms with van der Waals surface area (Å²) in [7, 11) is 0. The second-order valence-corrected chi connectivity index (χ2v) is 6.56. The molecule has 0 spiro atoms. The first-order chi connectivity index (χ1) is 12.2. The number of pyridine rings is 1. The standard InChI is InChI=1S/C20H16FN3S/c1-13-2-7-18-17(19(13)23-16-9-11-25-12-16)8-10-22-20(18)24-15-5-3-14(21)4-6-15/h2-12,23H,1H3,(H,22,24). The van der Waals surface area contributed by atoms with E-state index in [0.717, 1.165) is 39.2 Å². The molecule has 3 nitrogen and oxygen atoms in total. The first kappa shape index (κ1) is 15.6. The van der Waals surface area contributed by atoms with E-state index in [9.17, 15) is 4.39 Å². The van der Waals surface area contributed by atoms with Gasteiger partial charge in [0.25, 0.3) is 0 Å². The number of anilines is 4. The molecule has 0 unspecified atom stereocenters. The third kappa shape index (κ3) is 3.19. The van der Waals surface area contributed by atoms with Crippen LogP contribution in [-0.2, 0) is 0 Å². The number of nitrogens with one attached hydrogen (secondary N) is 2. The molecule has 0 amide bonds. The van der Waals surface area contributed by atoms with Crippen molar-refractivity contribution in [2.24, 2.45) is 0 Å². The minimum atomic E-state index is -0.255. The van der Waals surface area contributed by atoms with Crippen molar-refractivity contribution >= 4 is 45.0 Å². The molecule has 0 atom stereocenters. The maximum atomic E-state index is 13.1. The summed E-state index contributed by atoms with van der Waals surface area (Å²) in [4.78, 5) is 4.46. The largest absolute Gasteiger partial charge is 0.354 e. The van der Waals surface area contributed by atoms with Gasteiger partial charge in [0.05, 0.1) is 0 Å². The van der Waals surface area contributed by atoms with Crippen LogP contribution in [0.5, 0.6) is 0 Å². The fourth-order valence-corrected chi connectivity index (χ4v) is 3.37. The van der Waals surface area contributed by atoms with E-state index in [1.165, 1.54) is 12.1 Å². The van der Waals surface area contributed by atoms with Crippen LogP contribution in [0, 0.1) is 12.7 Å². The fourth-order valence-electron chi connectivity index (χ4n) is 2.78. The van der Waals surface area contributed by atoms with E-state index >= 15 is 0 Å². The van der Waals surface area contributed by atoms with E-state index in [0.29, 0.717) is 0 Å². The average Bonchev–Trinajstić information content (AvgIpc) is 3.13. The van der Waals surface area contributed by atoms with Crippen LogP contribution in [-0.4, -0.2) is 4.98 Å². The SMILES string of the molecule is Cc1ccc2c(Nc3ccc(F)cc3)nccc2c1Nc1ccsc1. The summed E-state index contributed by atoms with van der Waals surface area (Å²) < 4.78 is 13.1. The number of nitrogens with zero attached hydrogens (tertiary/aromatic N) is 1. The Labute approximate surface area is 149 Å². The highest BCUT2D eigenvalue weighted by Gasteiger charge is 2.10. The molecule has 0 fully saturated rings. The number of fused-ring (bicyclic) bond motifs is 1. The van der Waals surface area contributed by atoms with Crippen LogP contribution in [0.4, 0.5) is 27.3 Å². The Morgan fingerprint density at radius 3 is 2.48 bits per heavy atom. The van der Waals surface area contributed by atoms with Gasteiger partial charge in [0, 0.05) is 39.4 Å². The Bertz CT molecular complexity index is 1010. The first-order valence-electron chi connectivity index (χ1n) is 7.91. The minimum Gasteiger partial charge on any atom is -0.354 e. The number of benzene rings is 2. The first-order valence-corrected chi connectivity index (χ1v) is 8.85. The van der Waals surface area contributed by atoms with Crippen LogP contribution in [0.2, 0.25) is 0 Å². The van der Waals surface area contributed by atoms with E-state index < -0.39 is 0 Å². The van der Waals surface area contributed by atoms with Crippen molar-refractivity contribution < 1.29 is 4.39 Å². The molecule has 0 saturated heterocycles. The number of aryl methyl sites for hydroxylation is 1. The van der Waals surface area contributed by atoms with Gasteiger partial charge in [-0.25, -0.2) is 9.37 Å². The molecule has 124 valence electrons. The molecule has 0 aliphatic heterocycles. The molecule has 4 aromatic rings. The highest BCUT2D eigenvalue weighted by atomic mass is 32.1. The summed E-state index contributed by atoms with van der Waals surface area (Å²) >= 11 is 1.66. The lowest BCUT2D eigenvalue weighted by Crippen LogP contribution is -1.98. The number of hydrogen-bond donors (Lipinski definition) is 2. The second kappa shape index (κ2) is 6.53. The van der Waals surface area contributed by atoms with Crippen molar-refractivity contribution in [3.8, 4) is 0 Å². The Morgan fingerprint density at radius 1 is 0.880 bits per heavy atom. The topological polar surface area (TPSA) is 37.0 Å². The van der Waals surface area contributed by atoms with Gasteiger partial charge in [-0.3, -0.25) is 0 Å². The number of aromatic nitrogens is 1. The minimum absolute atomic E-state index is 0.255. The predicted octanol–water partition coefficient (Wildman–Crippen LogP) is 6.23. The van der Waals surface area contributed by atoms with Gasteiger partial charge in [0.15, 0.2) is 0 Å². The van der Waals surface area contributed by atoms with Crippen molar-refractivity contribution in [2.75, 3.05) is 10.6 Å². The smallest absolute Gasteiger partial charge is 0.138 e. The van der Waals surface area contributed by atoms with Crippen LogP contribution in [0.3, 0.4) is 0 Å². The van der Waals surface area contributed by atoms with Crippen LogP contribution in [0.15, 0.2) is 65.5 Å². The van der Waals surface area contributed by atoms with E-state index in [4.69, 9.17) is 0 Å². The molecule has 0 aliphatic rings. The third-order valence-corrected chi connectivity index (χ3v) is 4.73. The molecule has 25 heavy (non-hydrogen) atoms. The van der Waals surface area contributed by atoms with Crippen molar-refractivity contribution in [3.05, 3.63) is 76.9 Å².